The van der Waals surface area contributed by atoms with Crippen molar-refractivity contribution in [3.63, 3.8) is 0 Å². The van der Waals surface area contributed by atoms with E-state index in [4.69, 9.17) is 0 Å². The highest BCUT2D eigenvalue weighted by atomic mass is 16.3. The minimum absolute atomic E-state index is 0.0254. The van der Waals surface area contributed by atoms with Crippen molar-refractivity contribution in [1.82, 2.24) is 4.57 Å². The van der Waals surface area contributed by atoms with Crippen molar-refractivity contribution in [2.24, 2.45) is 0 Å². The van der Waals surface area contributed by atoms with Gasteiger partial charge in [0, 0.05) is 18.2 Å². The zero-order valence-electron chi connectivity index (χ0n) is 9.17. The Labute approximate surface area is 94.6 Å². The van der Waals surface area contributed by atoms with E-state index in [1.807, 2.05) is 37.3 Å². The van der Waals surface area contributed by atoms with E-state index in [0.717, 1.165) is 6.42 Å². The molecule has 0 saturated heterocycles. The van der Waals surface area contributed by atoms with Gasteiger partial charge in [0.1, 0.15) is 0 Å². The molecule has 2 N–H and O–H groups in total. The van der Waals surface area contributed by atoms with Crippen molar-refractivity contribution in [1.29, 1.82) is 0 Å². The summed E-state index contributed by atoms with van der Waals surface area (Å²) in [6.07, 6.45) is 0.774. The van der Waals surface area contributed by atoms with Crippen LogP contribution >= 0.6 is 0 Å². The van der Waals surface area contributed by atoms with Crippen LogP contribution in [0.15, 0.2) is 42.5 Å². The fraction of sp³-hybridized carbons (Fsp3) is 0.231. The van der Waals surface area contributed by atoms with Crippen molar-refractivity contribution >= 4 is 0 Å². The Balaban J connectivity index is 2.18. The molecule has 0 radical (unpaired) electrons. The summed E-state index contributed by atoms with van der Waals surface area (Å²) in [4.78, 5) is 0. The molecule has 16 heavy (non-hydrogen) atoms. The third-order valence-corrected chi connectivity index (χ3v) is 2.69. The zero-order chi connectivity index (χ0) is 11.5. The Morgan fingerprint density at radius 1 is 1.00 bits per heavy atom. The van der Waals surface area contributed by atoms with Gasteiger partial charge in [0.2, 0.25) is 0 Å². The molecule has 1 atom stereocenters. The van der Waals surface area contributed by atoms with Crippen LogP contribution < -0.4 is 0 Å². The van der Waals surface area contributed by atoms with E-state index in [9.17, 15) is 10.2 Å². The minimum atomic E-state index is 0.0254. The van der Waals surface area contributed by atoms with Gasteiger partial charge in [-0.1, -0.05) is 30.3 Å². The van der Waals surface area contributed by atoms with Gasteiger partial charge in [0.05, 0.1) is 0 Å². The maximum absolute atomic E-state index is 9.58. The first-order valence-corrected chi connectivity index (χ1v) is 5.31. The molecule has 2 rings (SSSR count). The van der Waals surface area contributed by atoms with Gasteiger partial charge >= 0.3 is 0 Å². The van der Waals surface area contributed by atoms with E-state index >= 15 is 0 Å². The average molecular weight is 217 g/mol. The SMILES string of the molecule is CC(Cc1ccccc1)n1c(O)ccc1O. The number of hydrogen-bond acceptors (Lipinski definition) is 2. The highest BCUT2D eigenvalue weighted by Gasteiger charge is 2.13. The van der Waals surface area contributed by atoms with Crippen LogP contribution in [0, 0.1) is 0 Å². The lowest BCUT2D eigenvalue weighted by molar-refractivity contribution is 0.340. The van der Waals surface area contributed by atoms with Crippen LogP contribution in [0.2, 0.25) is 0 Å². The molecule has 0 aliphatic rings. The molecule has 0 amide bonds. The third kappa shape index (κ3) is 2.03. The van der Waals surface area contributed by atoms with Crippen molar-refractivity contribution in [2.45, 2.75) is 19.4 Å². The van der Waals surface area contributed by atoms with Gasteiger partial charge in [-0.05, 0) is 18.9 Å². The molecule has 1 heterocycles. The zero-order valence-corrected chi connectivity index (χ0v) is 9.17. The maximum atomic E-state index is 9.58. The Hall–Kier alpha value is -1.90. The van der Waals surface area contributed by atoms with Crippen LogP contribution in [0.25, 0.3) is 0 Å². The summed E-state index contributed by atoms with van der Waals surface area (Å²) < 4.78 is 1.52. The van der Waals surface area contributed by atoms with E-state index < -0.39 is 0 Å². The largest absolute Gasteiger partial charge is 0.494 e. The number of hydrogen-bond donors (Lipinski definition) is 2. The number of aromatic nitrogens is 1. The summed E-state index contributed by atoms with van der Waals surface area (Å²) in [7, 11) is 0. The van der Waals surface area contributed by atoms with Gasteiger partial charge in [-0.2, -0.15) is 0 Å². The molecule has 0 aliphatic carbocycles. The Morgan fingerprint density at radius 2 is 1.56 bits per heavy atom. The summed E-state index contributed by atoms with van der Waals surface area (Å²) in [6.45, 7) is 1.96. The van der Waals surface area contributed by atoms with Crippen LogP contribution in [-0.4, -0.2) is 14.8 Å². The summed E-state index contributed by atoms with van der Waals surface area (Å²) in [5.74, 6) is 0.196. The lowest BCUT2D eigenvalue weighted by Gasteiger charge is -2.15. The maximum Gasteiger partial charge on any atom is 0.194 e. The number of benzene rings is 1. The van der Waals surface area contributed by atoms with E-state index in [-0.39, 0.29) is 17.8 Å². The van der Waals surface area contributed by atoms with Gasteiger partial charge in [-0.25, -0.2) is 0 Å². The highest BCUT2D eigenvalue weighted by Crippen LogP contribution is 2.28. The first kappa shape index (κ1) is 10.6. The quantitative estimate of drug-likeness (QED) is 0.830. The van der Waals surface area contributed by atoms with Crippen LogP contribution in [0.3, 0.4) is 0 Å². The fourth-order valence-electron chi connectivity index (χ4n) is 1.93. The molecule has 3 heteroatoms. The second-order valence-corrected chi connectivity index (χ2v) is 3.96. The van der Waals surface area contributed by atoms with Crippen molar-refractivity contribution in [3.05, 3.63) is 48.0 Å². The molecule has 1 unspecified atom stereocenters. The second kappa shape index (κ2) is 4.31. The van der Waals surface area contributed by atoms with E-state index in [2.05, 4.69) is 0 Å². The van der Waals surface area contributed by atoms with Crippen molar-refractivity contribution in [2.75, 3.05) is 0 Å². The highest BCUT2D eigenvalue weighted by molar-refractivity contribution is 5.26. The Morgan fingerprint density at radius 3 is 2.12 bits per heavy atom. The predicted molar refractivity (Wildman–Crippen MR) is 62.6 cm³/mol. The molecule has 84 valence electrons. The smallest absolute Gasteiger partial charge is 0.194 e. The van der Waals surface area contributed by atoms with Gasteiger partial charge in [0.25, 0.3) is 0 Å². The summed E-state index contributed by atoms with van der Waals surface area (Å²) >= 11 is 0. The van der Waals surface area contributed by atoms with Gasteiger partial charge in [-0.3, -0.25) is 4.57 Å². The molecule has 0 aliphatic heterocycles. The van der Waals surface area contributed by atoms with Gasteiger partial charge < -0.3 is 10.2 Å². The number of aromatic hydroxyl groups is 2. The van der Waals surface area contributed by atoms with Crippen molar-refractivity contribution < 1.29 is 10.2 Å². The number of rotatable bonds is 3. The summed E-state index contributed by atoms with van der Waals surface area (Å²) in [6, 6.07) is 13.0. The molecular formula is C13H15NO2. The summed E-state index contributed by atoms with van der Waals surface area (Å²) in [5.41, 5.74) is 1.18. The molecule has 0 fully saturated rings. The Bertz CT molecular complexity index is 443. The normalized spacial score (nSPS) is 12.6. The average Bonchev–Trinajstić information content (AvgIpc) is 2.60. The van der Waals surface area contributed by atoms with Crippen LogP contribution in [0.5, 0.6) is 11.8 Å². The monoisotopic (exact) mass is 217 g/mol. The molecular weight excluding hydrogens is 202 g/mol. The first-order valence-electron chi connectivity index (χ1n) is 5.31. The summed E-state index contributed by atoms with van der Waals surface area (Å²) in [5, 5.41) is 19.2. The molecule has 3 nitrogen and oxygen atoms in total. The predicted octanol–water partition coefficient (Wildman–Crippen LogP) is 2.70. The van der Waals surface area contributed by atoms with Gasteiger partial charge in [0.15, 0.2) is 11.8 Å². The lowest BCUT2D eigenvalue weighted by Crippen LogP contribution is -2.07. The van der Waals surface area contributed by atoms with Gasteiger partial charge in [-0.15, -0.1) is 0 Å². The van der Waals surface area contributed by atoms with Crippen LogP contribution in [-0.2, 0) is 6.42 Å². The van der Waals surface area contributed by atoms with Crippen molar-refractivity contribution in [3.8, 4) is 11.8 Å². The Kier molecular flexibility index (Phi) is 2.86. The van der Waals surface area contributed by atoms with Crippen LogP contribution in [0.4, 0.5) is 0 Å². The molecule has 0 saturated carbocycles. The number of nitrogens with zero attached hydrogens (tertiary/aromatic N) is 1. The first-order chi connectivity index (χ1) is 7.68. The second-order valence-electron chi connectivity index (χ2n) is 3.96. The molecule has 0 bridgehead atoms. The lowest BCUT2D eigenvalue weighted by atomic mass is 10.1. The molecule has 1 aromatic heterocycles. The molecule has 0 spiro atoms. The molecule has 2 aromatic rings. The fourth-order valence-corrected chi connectivity index (χ4v) is 1.93. The van der Waals surface area contributed by atoms with E-state index in [1.165, 1.54) is 22.3 Å². The third-order valence-electron chi connectivity index (χ3n) is 2.69. The van der Waals surface area contributed by atoms with Crippen LogP contribution in [0.1, 0.15) is 18.5 Å². The topological polar surface area (TPSA) is 45.4 Å². The minimum Gasteiger partial charge on any atom is -0.494 e. The van der Waals surface area contributed by atoms with E-state index in [1.54, 1.807) is 0 Å². The van der Waals surface area contributed by atoms with E-state index in [0.29, 0.717) is 0 Å². The molecule has 1 aromatic carbocycles. The standard InChI is InChI=1S/C13H15NO2/c1-10(9-11-5-3-2-4-6-11)14-12(15)7-8-13(14)16/h2-8,10,15-16H,9H2,1H3.